The van der Waals surface area contributed by atoms with Crippen LogP contribution in [0.15, 0.2) is 6.07 Å². The van der Waals surface area contributed by atoms with Crippen LogP contribution in [0.3, 0.4) is 0 Å². The summed E-state index contributed by atoms with van der Waals surface area (Å²) in [6, 6.07) is 1.82. The second-order valence-electron chi connectivity index (χ2n) is 2.89. The molecule has 0 spiro atoms. The lowest BCUT2D eigenvalue weighted by Crippen LogP contribution is -2.26. The Bertz CT molecular complexity index is 263. The standard InChI is InChI=1S/C7H10BNO2S/c10-8(11)7-4-5-6(12-7)2-1-3-9-5/h4,9-11H,1-3H2. The van der Waals surface area contributed by atoms with E-state index in [1.165, 1.54) is 16.2 Å². The van der Waals surface area contributed by atoms with E-state index in [2.05, 4.69) is 5.32 Å². The predicted octanol–water partition coefficient (Wildman–Crippen LogP) is -0.214. The van der Waals surface area contributed by atoms with Gasteiger partial charge in [0, 0.05) is 21.9 Å². The molecule has 5 heteroatoms. The van der Waals surface area contributed by atoms with E-state index in [1.54, 1.807) is 0 Å². The molecule has 2 heterocycles. The number of fused-ring (bicyclic) bond motifs is 1. The van der Waals surface area contributed by atoms with Gasteiger partial charge in [-0.25, -0.2) is 0 Å². The highest BCUT2D eigenvalue weighted by Crippen LogP contribution is 2.25. The molecule has 0 aromatic carbocycles. The van der Waals surface area contributed by atoms with Gasteiger partial charge in [0.1, 0.15) is 0 Å². The summed E-state index contributed by atoms with van der Waals surface area (Å²) in [5, 5.41) is 21.0. The van der Waals surface area contributed by atoms with Gasteiger partial charge >= 0.3 is 7.12 Å². The molecule has 0 amide bonds. The van der Waals surface area contributed by atoms with E-state index in [4.69, 9.17) is 10.0 Å². The quantitative estimate of drug-likeness (QED) is 0.528. The lowest BCUT2D eigenvalue weighted by Gasteiger charge is -2.12. The van der Waals surface area contributed by atoms with Crippen LogP contribution in [0, 0.1) is 0 Å². The van der Waals surface area contributed by atoms with Crippen LogP contribution in [0.5, 0.6) is 0 Å². The van der Waals surface area contributed by atoms with Crippen molar-refractivity contribution in [3.8, 4) is 0 Å². The van der Waals surface area contributed by atoms with Crippen molar-refractivity contribution in [1.29, 1.82) is 0 Å². The summed E-state index contributed by atoms with van der Waals surface area (Å²) in [5.74, 6) is 0. The Balaban J connectivity index is 2.32. The third-order valence-electron chi connectivity index (χ3n) is 1.98. The normalized spacial score (nSPS) is 15.2. The minimum atomic E-state index is -1.32. The Morgan fingerprint density at radius 3 is 3.00 bits per heavy atom. The van der Waals surface area contributed by atoms with E-state index in [1.807, 2.05) is 6.07 Å². The van der Waals surface area contributed by atoms with Gasteiger partial charge in [-0.05, 0) is 18.9 Å². The molecule has 64 valence electrons. The van der Waals surface area contributed by atoms with Gasteiger partial charge in [-0.3, -0.25) is 0 Å². The lowest BCUT2D eigenvalue weighted by atomic mass is 9.89. The van der Waals surface area contributed by atoms with E-state index in [9.17, 15) is 0 Å². The fourth-order valence-electron chi connectivity index (χ4n) is 1.38. The number of anilines is 1. The van der Waals surface area contributed by atoms with Crippen LogP contribution in [0.4, 0.5) is 5.69 Å². The molecule has 0 unspecified atom stereocenters. The van der Waals surface area contributed by atoms with Crippen molar-refractivity contribution in [1.82, 2.24) is 0 Å². The summed E-state index contributed by atoms with van der Waals surface area (Å²) in [5.41, 5.74) is 1.08. The first-order valence-electron chi connectivity index (χ1n) is 4.00. The van der Waals surface area contributed by atoms with Gasteiger partial charge in [0.2, 0.25) is 0 Å². The molecule has 3 nitrogen and oxygen atoms in total. The average molecular weight is 183 g/mol. The maximum Gasteiger partial charge on any atom is 0.499 e. The van der Waals surface area contributed by atoms with Gasteiger partial charge in [0.05, 0.1) is 0 Å². The van der Waals surface area contributed by atoms with Crippen molar-refractivity contribution in [2.45, 2.75) is 12.8 Å². The van der Waals surface area contributed by atoms with Crippen molar-refractivity contribution in [2.75, 3.05) is 11.9 Å². The summed E-state index contributed by atoms with van der Waals surface area (Å²) in [7, 11) is -1.32. The topological polar surface area (TPSA) is 52.5 Å². The van der Waals surface area contributed by atoms with Crippen LogP contribution in [-0.2, 0) is 6.42 Å². The smallest absolute Gasteiger partial charge is 0.423 e. The van der Waals surface area contributed by atoms with Crippen molar-refractivity contribution in [3.63, 3.8) is 0 Å². The van der Waals surface area contributed by atoms with Crippen molar-refractivity contribution in [2.24, 2.45) is 0 Å². The maximum atomic E-state index is 8.91. The van der Waals surface area contributed by atoms with Crippen LogP contribution >= 0.6 is 11.3 Å². The predicted molar refractivity (Wildman–Crippen MR) is 51.0 cm³/mol. The number of rotatable bonds is 1. The number of hydrogen-bond donors (Lipinski definition) is 3. The molecule has 1 aliphatic rings. The van der Waals surface area contributed by atoms with Crippen LogP contribution in [0.25, 0.3) is 0 Å². The molecule has 0 fully saturated rings. The molecule has 3 N–H and O–H groups in total. The summed E-state index contributed by atoms with van der Waals surface area (Å²) in [6.07, 6.45) is 2.19. The maximum absolute atomic E-state index is 8.91. The lowest BCUT2D eigenvalue weighted by molar-refractivity contribution is 0.427. The Morgan fingerprint density at radius 2 is 2.33 bits per heavy atom. The highest BCUT2D eigenvalue weighted by atomic mass is 32.1. The van der Waals surface area contributed by atoms with Gasteiger partial charge in [-0.15, -0.1) is 11.3 Å². The number of hydrogen-bond acceptors (Lipinski definition) is 4. The monoisotopic (exact) mass is 183 g/mol. The second-order valence-corrected chi connectivity index (χ2v) is 4.06. The minimum absolute atomic E-state index is 0.634. The minimum Gasteiger partial charge on any atom is -0.423 e. The van der Waals surface area contributed by atoms with Gasteiger partial charge in [-0.2, -0.15) is 0 Å². The van der Waals surface area contributed by atoms with E-state index in [0.717, 1.165) is 25.1 Å². The summed E-state index contributed by atoms with van der Waals surface area (Å²) >= 11 is 1.48. The molecular weight excluding hydrogens is 173 g/mol. The molecule has 0 atom stereocenters. The van der Waals surface area contributed by atoms with E-state index >= 15 is 0 Å². The van der Waals surface area contributed by atoms with Crippen LogP contribution in [-0.4, -0.2) is 23.7 Å². The SMILES string of the molecule is OB(O)c1cc2c(s1)CCCN2. The number of nitrogens with one attached hydrogen (secondary N) is 1. The summed E-state index contributed by atoms with van der Waals surface area (Å²) < 4.78 is 0.634. The third-order valence-corrected chi connectivity index (χ3v) is 3.21. The Hall–Kier alpha value is -0.515. The zero-order valence-electron chi connectivity index (χ0n) is 6.58. The highest BCUT2D eigenvalue weighted by Gasteiger charge is 2.19. The molecule has 12 heavy (non-hydrogen) atoms. The fourth-order valence-corrected chi connectivity index (χ4v) is 2.44. The molecule has 0 radical (unpaired) electrons. The van der Waals surface area contributed by atoms with Crippen molar-refractivity contribution < 1.29 is 10.0 Å². The molecule has 1 aliphatic heterocycles. The Labute approximate surface area is 75.2 Å². The average Bonchev–Trinajstić information content (AvgIpc) is 2.46. The molecule has 0 aliphatic carbocycles. The fraction of sp³-hybridized carbons (Fsp3) is 0.429. The van der Waals surface area contributed by atoms with Crippen molar-refractivity contribution >= 4 is 28.9 Å². The first-order valence-corrected chi connectivity index (χ1v) is 4.81. The van der Waals surface area contributed by atoms with Crippen LogP contribution in [0.1, 0.15) is 11.3 Å². The van der Waals surface area contributed by atoms with Gasteiger partial charge in [-0.1, -0.05) is 0 Å². The van der Waals surface area contributed by atoms with Gasteiger partial charge in [0.15, 0.2) is 0 Å². The molecule has 0 saturated heterocycles. The van der Waals surface area contributed by atoms with Gasteiger partial charge < -0.3 is 15.4 Å². The molecule has 0 saturated carbocycles. The zero-order chi connectivity index (χ0) is 8.55. The Kier molecular flexibility index (Phi) is 2.08. The third kappa shape index (κ3) is 1.35. The van der Waals surface area contributed by atoms with E-state index in [0.29, 0.717) is 4.78 Å². The Morgan fingerprint density at radius 1 is 1.50 bits per heavy atom. The van der Waals surface area contributed by atoms with Gasteiger partial charge in [0.25, 0.3) is 0 Å². The first-order chi connectivity index (χ1) is 5.77. The molecule has 2 rings (SSSR count). The molecule has 1 aromatic heterocycles. The summed E-state index contributed by atoms with van der Waals surface area (Å²) in [6.45, 7) is 0.991. The first kappa shape index (κ1) is 8.10. The van der Waals surface area contributed by atoms with E-state index < -0.39 is 7.12 Å². The summed E-state index contributed by atoms with van der Waals surface area (Å²) in [4.78, 5) is 1.24. The number of thiophene rings is 1. The van der Waals surface area contributed by atoms with E-state index in [-0.39, 0.29) is 0 Å². The number of aryl methyl sites for hydroxylation is 1. The largest absolute Gasteiger partial charge is 0.499 e. The highest BCUT2D eigenvalue weighted by molar-refractivity contribution is 7.22. The second kappa shape index (κ2) is 3.09. The molecule has 1 aromatic rings. The van der Waals surface area contributed by atoms with Crippen LogP contribution < -0.4 is 10.1 Å². The van der Waals surface area contributed by atoms with Crippen LogP contribution in [0.2, 0.25) is 0 Å². The zero-order valence-corrected chi connectivity index (χ0v) is 7.40. The molecular formula is C7H10BNO2S. The molecule has 0 bridgehead atoms. The van der Waals surface area contributed by atoms with Crippen molar-refractivity contribution in [3.05, 3.63) is 10.9 Å².